The lowest BCUT2D eigenvalue weighted by Crippen LogP contribution is -2.37. The van der Waals surface area contributed by atoms with Crippen molar-refractivity contribution in [1.29, 1.82) is 0 Å². The van der Waals surface area contributed by atoms with Gasteiger partial charge in [0.15, 0.2) is 0 Å². The summed E-state index contributed by atoms with van der Waals surface area (Å²) in [7, 11) is 0. The van der Waals surface area contributed by atoms with E-state index in [0.717, 1.165) is 4.47 Å². The van der Waals surface area contributed by atoms with Crippen molar-refractivity contribution in [2.24, 2.45) is 0 Å². The maximum Gasteiger partial charge on any atom is 0.246 e. The van der Waals surface area contributed by atoms with Crippen molar-refractivity contribution >= 4 is 45.0 Å². The van der Waals surface area contributed by atoms with Crippen LogP contribution in [0.5, 0.6) is 0 Å². The van der Waals surface area contributed by atoms with Crippen LogP contribution in [0.3, 0.4) is 0 Å². The third kappa shape index (κ3) is 2.98. The van der Waals surface area contributed by atoms with Gasteiger partial charge in [0.25, 0.3) is 0 Å². The van der Waals surface area contributed by atoms with Crippen molar-refractivity contribution in [2.45, 2.75) is 18.9 Å². The van der Waals surface area contributed by atoms with Gasteiger partial charge in [-0.25, -0.2) is 0 Å². The fourth-order valence-electron chi connectivity index (χ4n) is 1.61. The first-order chi connectivity index (χ1) is 8.06. The Labute approximate surface area is 112 Å². The van der Waals surface area contributed by atoms with Crippen molar-refractivity contribution in [3.05, 3.63) is 27.7 Å². The number of rotatable bonds is 2. The number of hydrogen-bond acceptors (Lipinski definition) is 2. The molecular weight excluding hydrogens is 307 g/mol. The lowest BCUT2D eigenvalue weighted by atomic mass is 10.2. The lowest BCUT2D eigenvalue weighted by molar-refractivity contribution is -0.122. The van der Waals surface area contributed by atoms with Crippen molar-refractivity contribution in [3.63, 3.8) is 0 Å². The van der Waals surface area contributed by atoms with E-state index in [-0.39, 0.29) is 11.8 Å². The Morgan fingerprint density at radius 3 is 2.88 bits per heavy atom. The molecule has 1 heterocycles. The first-order valence-electron chi connectivity index (χ1n) is 5.11. The zero-order valence-corrected chi connectivity index (χ0v) is 11.1. The Morgan fingerprint density at radius 2 is 2.29 bits per heavy atom. The first kappa shape index (κ1) is 12.4. The van der Waals surface area contributed by atoms with Gasteiger partial charge in [0, 0.05) is 16.6 Å². The molecule has 1 unspecified atom stereocenters. The van der Waals surface area contributed by atoms with Crippen molar-refractivity contribution in [3.8, 4) is 0 Å². The maximum atomic E-state index is 11.8. The van der Waals surface area contributed by atoms with Gasteiger partial charge in [-0.15, -0.1) is 0 Å². The van der Waals surface area contributed by atoms with E-state index in [1.165, 1.54) is 0 Å². The minimum atomic E-state index is -0.440. The van der Waals surface area contributed by atoms with Gasteiger partial charge < -0.3 is 10.6 Å². The fourth-order valence-corrected chi connectivity index (χ4v) is 2.04. The molecular formula is C11H10BrClN2O2. The molecule has 2 amide bonds. The molecule has 17 heavy (non-hydrogen) atoms. The molecule has 6 heteroatoms. The highest BCUT2D eigenvalue weighted by Crippen LogP contribution is 2.25. The van der Waals surface area contributed by atoms with Gasteiger partial charge in [0.1, 0.15) is 6.04 Å². The van der Waals surface area contributed by atoms with Crippen molar-refractivity contribution < 1.29 is 9.59 Å². The van der Waals surface area contributed by atoms with Gasteiger partial charge in [-0.1, -0.05) is 11.6 Å². The topological polar surface area (TPSA) is 58.2 Å². The van der Waals surface area contributed by atoms with Crippen LogP contribution in [-0.4, -0.2) is 17.9 Å². The summed E-state index contributed by atoms with van der Waals surface area (Å²) in [5.74, 6) is -0.298. The molecule has 1 aliphatic rings. The predicted octanol–water partition coefficient (Wildman–Crippen LogP) is 2.32. The number of halogens is 2. The van der Waals surface area contributed by atoms with E-state index in [1.54, 1.807) is 18.2 Å². The number of benzene rings is 1. The van der Waals surface area contributed by atoms with Gasteiger partial charge in [-0.2, -0.15) is 0 Å². The Morgan fingerprint density at radius 1 is 1.53 bits per heavy atom. The summed E-state index contributed by atoms with van der Waals surface area (Å²) in [6.45, 7) is 0. The number of anilines is 1. The molecule has 0 radical (unpaired) electrons. The monoisotopic (exact) mass is 316 g/mol. The smallest absolute Gasteiger partial charge is 0.246 e. The van der Waals surface area contributed by atoms with E-state index in [4.69, 9.17) is 11.6 Å². The molecule has 0 spiro atoms. The third-order valence-corrected chi connectivity index (χ3v) is 3.73. The second-order valence-corrected chi connectivity index (χ2v) is 5.04. The van der Waals surface area contributed by atoms with Crippen LogP contribution in [0.1, 0.15) is 12.8 Å². The molecule has 1 fully saturated rings. The second-order valence-electron chi connectivity index (χ2n) is 3.78. The Bertz CT molecular complexity index is 479. The summed E-state index contributed by atoms with van der Waals surface area (Å²) in [5.41, 5.74) is 0.615. The van der Waals surface area contributed by atoms with Crippen molar-refractivity contribution in [2.75, 3.05) is 5.32 Å². The molecule has 4 nitrogen and oxygen atoms in total. The largest absolute Gasteiger partial charge is 0.344 e. The molecule has 0 bridgehead atoms. The number of nitrogens with one attached hydrogen (secondary N) is 2. The van der Waals surface area contributed by atoms with E-state index in [2.05, 4.69) is 26.6 Å². The molecule has 2 N–H and O–H groups in total. The maximum absolute atomic E-state index is 11.8. The fraction of sp³-hybridized carbons (Fsp3) is 0.273. The molecule has 0 aliphatic carbocycles. The lowest BCUT2D eigenvalue weighted by Gasteiger charge is -2.11. The van der Waals surface area contributed by atoms with E-state index in [0.29, 0.717) is 23.6 Å². The van der Waals surface area contributed by atoms with Gasteiger partial charge >= 0.3 is 0 Å². The van der Waals surface area contributed by atoms with Gasteiger partial charge in [-0.05, 0) is 40.5 Å². The Hall–Kier alpha value is -1.07. The molecule has 1 atom stereocenters. The second kappa shape index (κ2) is 5.06. The summed E-state index contributed by atoms with van der Waals surface area (Å²) >= 11 is 9.18. The van der Waals surface area contributed by atoms with Crippen LogP contribution in [0.2, 0.25) is 5.02 Å². The summed E-state index contributed by atoms with van der Waals surface area (Å²) in [5, 5.41) is 5.85. The number of carbonyl (C=O) groups excluding carboxylic acids is 2. The highest BCUT2D eigenvalue weighted by molar-refractivity contribution is 9.10. The van der Waals surface area contributed by atoms with Crippen LogP contribution >= 0.6 is 27.5 Å². The van der Waals surface area contributed by atoms with Gasteiger partial charge in [0.05, 0.1) is 5.02 Å². The van der Waals surface area contributed by atoms with E-state index >= 15 is 0 Å². The summed E-state index contributed by atoms with van der Waals surface area (Å²) in [6, 6.07) is 4.71. The Balaban J connectivity index is 2.03. The predicted molar refractivity (Wildman–Crippen MR) is 68.9 cm³/mol. The minimum absolute atomic E-state index is 0.0843. The van der Waals surface area contributed by atoms with Gasteiger partial charge in [-0.3, -0.25) is 9.59 Å². The molecule has 2 rings (SSSR count). The van der Waals surface area contributed by atoms with Crippen molar-refractivity contribution in [1.82, 2.24) is 5.32 Å². The van der Waals surface area contributed by atoms with Crippen LogP contribution in [0.4, 0.5) is 5.69 Å². The van der Waals surface area contributed by atoms with E-state index in [1.807, 2.05) is 0 Å². The zero-order chi connectivity index (χ0) is 12.4. The first-order valence-corrected chi connectivity index (χ1v) is 6.28. The SMILES string of the molecule is O=C1CCC(C(=O)Nc2ccc(Br)c(Cl)c2)N1. The van der Waals surface area contributed by atoms with Crippen LogP contribution in [-0.2, 0) is 9.59 Å². The van der Waals surface area contributed by atoms with E-state index < -0.39 is 6.04 Å². The molecule has 1 aromatic rings. The zero-order valence-electron chi connectivity index (χ0n) is 8.80. The molecule has 0 aromatic heterocycles. The molecule has 90 valence electrons. The normalized spacial score (nSPS) is 18.9. The summed E-state index contributed by atoms with van der Waals surface area (Å²) in [6.07, 6.45) is 0.939. The third-order valence-electron chi connectivity index (χ3n) is 2.50. The highest BCUT2D eigenvalue weighted by atomic mass is 79.9. The van der Waals surface area contributed by atoms with E-state index in [9.17, 15) is 9.59 Å². The summed E-state index contributed by atoms with van der Waals surface area (Å²) < 4.78 is 0.770. The Kier molecular flexibility index (Phi) is 3.69. The minimum Gasteiger partial charge on any atom is -0.344 e. The van der Waals surface area contributed by atoms with Gasteiger partial charge in [0.2, 0.25) is 11.8 Å². The molecule has 0 saturated carbocycles. The molecule has 1 aromatic carbocycles. The van der Waals surface area contributed by atoms with Crippen LogP contribution in [0.25, 0.3) is 0 Å². The standard InChI is InChI=1S/C11H10BrClN2O2/c12-7-2-1-6(5-8(7)13)14-11(17)9-3-4-10(16)15-9/h1-2,5,9H,3-4H2,(H,14,17)(H,15,16). The van der Waals surface area contributed by atoms with Crippen LogP contribution < -0.4 is 10.6 Å². The molecule has 1 aliphatic heterocycles. The number of carbonyl (C=O) groups is 2. The van der Waals surface area contributed by atoms with Crippen LogP contribution in [0.15, 0.2) is 22.7 Å². The number of hydrogen-bond donors (Lipinski definition) is 2. The number of amides is 2. The summed E-state index contributed by atoms with van der Waals surface area (Å²) in [4.78, 5) is 22.8. The molecule has 1 saturated heterocycles. The quantitative estimate of drug-likeness (QED) is 0.879. The highest BCUT2D eigenvalue weighted by Gasteiger charge is 2.27. The average molecular weight is 318 g/mol. The van der Waals surface area contributed by atoms with Crippen LogP contribution in [0, 0.1) is 0 Å². The average Bonchev–Trinajstić information content (AvgIpc) is 2.70.